The van der Waals surface area contributed by atoms with Crippen molar-refractivity contribution in [1.82, 2.24) is 0 Å². The Morgan fingerprint density at radius 3 is 2.41 bits per heavy atom. The lowest BCUT2D eigenvalue weighted by Crippen LogP contribution is -2.24. The molecule has 2 aromatic rings. The summed E-state index contributed by atoms with van der Waals surface area (Å²) < 4.78 is 18.9. The van der Waals surface area contributed by atoms with E-state index in [4.69, 9.17) is 4.74 Å². The first kappa shape index (κ1) is 18.6. The summed E-state index contributed by atoms with van der Waals surface area (Å²) in [5.41, 5.74) is 2.74. The Balaban J connectivity index is 2.13. The number of nitrogens with zero attached hydrogens (tertiary/aromatic N) is 1. The fourth-order valence-electron chi connectivity index (χ4n) is 3.12. The fraction of sp³-hybridized carbons (Fsp3) is 0.182. The highest BCUT2D eigenvalue weighted by Crippen LogP contribution is 2.35. The zero-order chi connectivity index (χ0) is 19.6. The number of rotatable bonds is 4. The Kier molecular flexibility index (Phi) is 5.21. The number of benzene rings is 2. The van der Waals surface area contributed by atoms with E-state index >= 15 is 0 Å². The second-order valence-corrected chi connectivity index (χ2v) is 6.19. The first-order valence-electron chi connectivity index (χ1n) is 8.67. The molecule has 0 atom stereocenters. The average Bonchev–Trinajstić information content (AvgIpc) is 2.93. The van der Waals surface area contributed by atoms with Gasteiger partial charge < -0.3 is 4.74 Å². The van der Waals surface area contributed by atoms with Crippen molar-refractivity contribution in [2.24, 2.45) is 0 Å². The van der Waals surface area contributed by atoms with Crippen molar-refractivity contribution in [3.63, 3.8) is 0 Å². The van der Waals surface area contributed by atoms with Crippen LogP contribution in [0.1, 0.15) is 25.0 Å². The number of hydrogen-bond donors (Lipinski definition) is 0. The minimum Gasteiger partial charge on any atom is -0.465 e. The van der Waals surface area contributed by atoms with Crippen LogP contribution in [0, 0.1) is 5.82 Å². The molecule has 0 saturated heterocycles. The molecule has 27 heavy (non-hydrogen) atoms. The molecule has 0 N–H and O–H groups in total. The Bertz CT molecular complexity index is 958. The molecule has 0 saturated carbocycles. The molecule has 0 bridgehead atoms. The second-order valence-electron chi connectivity index (χ2n) is 6.19. The molecule has 0 aromatic heterocycles. The Hall–Kier alpha value is -3.21. The highest BCUT2D eigenvalue weighted by molar-refractivity contribution is 6.23. The fourth-order valence-corrected chi connectivity index (χ4v) is 3.12. The summed E-state index contributed by atoms with van der Waals surface area (Å²) in [7, 11) is 1.26. The van der Waals surface area contributed by atoms with Crippen molar-refractivity contribution in [2.75, 3.05) is 12.0 Å². The number of halogens is 1. The maximum absolute atomic E-state index is 14.1. The molecule has 1 amide bonds. The molecule has 1 aliphatic rings. The van der Waals surface area contributed by atoms with Crippen LogP contribution in [0.5, 0.6) is 0 Å². The highest BCUT2D eigenvalue weighted by Gasteiger charge is 2.38. The molecular weight excluding hydrogens is 345 g/mol. The molecule has 2 aromatic carbocycles. The van der Waals surface area contributed by atoms with Gasteiger partial charge in [-0.2, -0.15) is 0 Å². The van der Waals surface area contributed by atoms with E-state index in [2.05, 4.69) is 0 Å². The van der Waals surface area contributed by atoms with Crippen molar-refractivity contribution < 1.29 is 18.7 Å². The largest absolute Gasteiger partial charge is 0.465 e. The minimum atomic E-state index is -0.629. The molecule has 0 unspecified atom stereocenters. The van der Waals surface area contributed by atoms with E-state index in [-0.39, 0.29) is 22.6 Å². The number of esters is 1. The smallest absolute Gasteiger partial charge is 0.340 e. The van der Waals surface area contributed by atoms with Crippen LogP contribution in [0.2, 0.25) is 0 Å². The lowest BCUT2D eigenvalue weighted by molar-refractivity contribution is -0.136. The minimum absolute atomic E-state index is 0.115. The SMILES string of the molecule is CCc1ccc(N2C(=O)/C(=C\c3ccccc3F)C(C(=O)OC)=C2C)cc1. The molecule has 0 fully saturated rings. The maximum Gasteiger partial charge on any atom is 0.340 e. The molecule has 1 aliphatic heterocycles. The van der Waals surface area contributed by atoms with E-state index < -0.39 is 11.8 Å². The third-order valence-electron chi connectivity index (χ3n) is 4.60. The summed E-state index contributed by atoms with van der Waals surface area (Å²) in [4.78, 5) is 26.9. The predicted octanol–water partition coefficient (Wildman–Crippen LogP) is 4.27. The Labute approximate surface area is 157 Å². The predicted molar refractivity (Wildman–Crippen MR) is 102 cm³/mol. The molecule has 0 aliphatic carbocycles. The first-order valence-corrected chi connectivity index (χ1v) is 8.67. The number of hydrogen-bond acceptors (Lipinski definition) is 3. The summed E-state index contributed by atoms with van der Waals surface area (Å²) in [5, 5.41) is 0. The zero-order valence-electron chi connectivity index (χ0n) is 15.5. The van der Waals surface area contributed by atoms with Crippen molar-refractivity contribution in [3.8, 4) is 0 Å². The van der Waals surface area contributed by atoms with Crippen LogP contribution in [0.15, 0.2) is 65.4 Å². The van der Waals surface area contributed by atoms with E-state index in [1.807, 2.05) is 31.2 Å². The van der Waals surface area contributed by atoms with Gasteiger partial charge in [-0.25, -0.2) is 9.18 Å². The second kappa shape index (κ2) is 7.58. The van der Waals surface area contributed by atoms with E-state index in [0.29, 0.717) is 11.4 Å². The number of allylic oxidation sites excluding steroid dienone is 1. The number of methoxy groups -OCH3 is 1. The molecule has 1 heterocycles. The Morgan fingerprint density at radius 1 is 1.15 bits per heavy atom. The monoisotopic (exact) mass is 365 g/mol. The number of ether oxygens (including phenoxy) is 1. The van der Waals surface area contributed by atoms with Crippen LogP contribution in [-0.4, -0.2) is 19.0 Å². The van der Waals surface area contributed by atoms with Gasteiger partial charge in [-0.3, -0.25) is 9.69 Å². The molecule has 0 spiro atoms. The maximum atomic E-state index is 14.1. The highest BCUT2D eigenvalue weighted by atomic mass is 19.1. The zero-order valence-corrected chi connectivity index (χ0v) is 15.5. The summed E-state index contributed by atoms with van der Waals surface area (Å²) in [5.74, 6) is -1.48. The van der Waals surface area contributed by atoms with Crippen LogP contribution in [0.4, 0.5) is 10.1 Å². The van der Waals surface area contributed by atoms with Crippen molar-refractivity contribution in [1.29, 1.82) is 0 Å². The molecule has 4 nitrogen and oxygen atoms in total. The topological polar surface area (TPSA) is 46.6 Å². The third kappa shape index (κ3) is 3.40. The summed E-state index contributed by atoms with van der Waals surface area (Å²) in [6, 6.07) is 13.6. The lowest BCUT2D eigenvalue weighted by Gasteiger charge is -2.18. The van der Waals surface area contributed by atoms with Gasteiger partial charge in [-0.05, 0) is 43.2 Å². The van der Waals surface area contributed by atoms with Crippen LogP contribution in [-0.2, 0) is 20.7 Å². The first-order chi connectivity index (χ1) is 13.0. The summed E-state index contributed by atoms with van der Waals surface area (Å²) in [6.45, 7) is 3.73. The van der Waals surface area contributed by atoms with Crippen molar-refractivity contribution in [3.05, 3.63) is 82.3 Å². The van der Waals surface area contributed by atoms with Crippen LogP contribution in [0.3, 0.4) is 0 Å². The van der Waals surface area contributed by atoms with E-state index in [1.54, 1.807) is 25.1 Å². The van der Waals surface area contributed by atoms with Crippen LogP contribution < -0.4 is 4.90 Å². The summed E-state index contributed by atoms with van der Waals surface area (Å²) >= 11 is 0. The van der Waals surface area contributed by atoms with Gasteiger partial charge in [0.1, 0.15) is 5.82 Å². The van der Waals surface area contributed by atoms with Crippen LogP contribution in [0.25, 0.3) is 6.08 Å². The van der Waals surface area contributed by atoms with E-state index in [1.165, 1.54) is 24.2 Å². The van der Waals surface area contributed by atoms with Gasteiger partial charge in [0.25, 0.3) is 5.91 Å². The molecule has 0 radical (unpaired) electrons. The van der Waals surface area contributed by atoms with Gasteiger partial charge in [0.2, 0.25) is 0 Å². The normalized spacial score (nSPS) is 15.6. The van der Waals surface area contributed by atoms with Gasteiger partial charge in [-0.15, -0.1) is 0 Å². The molecule has 138 valence electrons. The number of anilines is 1. The van der Waals surface area contributed by atoms with Crippen LogP contribution >= 0.6 is 0 Å². The Morgan fingerprint density at radius 2 is 1.81 bits per heavy atom. The standard InChI is InChI=1S/C22H20FNO3/c1-4-15-9-11-17(12-10-15)24-14(2)20(22(26)27-3)18(21(24)25)13-16-7-5-6-8-19(16)23/h5-13H,4H2,1-3H3/b18-13-. The lowest BCUT2D eigenvalue weighted by atomic mass is 10.0. The van der Waals surface area contributed by atoms with E-state index in [0.717, 1.165) is 12.0 Å². The van der Waals surface area contributed by atoms with E-state index in [9.17, 15) is 14.0 Å². The number of carbonyl (C=O) groups is 2. The van der Waals surface area contributed by atoms with Gasteiger partial charge >= 0.3 is 5.97 Å². The number of carbonyl (C=O) groups excluding carboxylic acids is 2. The van der Waals surface area contributed by atoms with Gasteiger partial charge in [-0.1, -0.05) is 37.3 Å². The molecule has 5 heteroatoms. The number of aryl methyl sites for hydroxylation is 1. The third-order valence-corrected chi connectivity index (χ3v) is 4.60. The van der Waals surface area contributed by atoms with Gasteiger partial charge in [0, 0.05) is 16.9 Å². The summed E-state index contributed by atoms with van der Waals surface area (Å²) in [6.07, 6.45) is 2.28. The van der Waals surface area contributed by atoms with Crippen molar-refractivity contribution >= 4 is 23.6 Å². The quantitative estimate of drug-likeness (QED) is 0.601. The van der Waals surface area contributed by atoms with Gasteiger partial charge in [0.15, 0.2) is 0 Å². The average molecular weight is 365 g/mol. The van der Waals surface area contributed by atoms with Gasteiger partial charge in [0.05, 0.1) is 18.3 Å². The van der Waals surface area contributed by atoms with Crippen molar-refractivity contribution in [2.45, 2.75) is 20.3 Å². The number of amides is 1. The molecule has 3 rings (SSSR count). The molecular formula is C22H20FNO3.